The molecule has 0 aromatic rings. The third-order valence-electron chi connectivity index (χ3n) is 14.2. The SMILES string of the molecule is CC/C=C\C/C=C\C/C=C\C/C=C\C/C=C\C/C=C\C/C=C\C/C=C\CCCCCCCCC(=O)OCC(COC(=O)CCCCCCC/C=C\C/C=C\CCC)OC(=O)CCCCCCCCCCCCCCCCCCCC. The van der Waals surface area contributed by atoms with Gasteiger partial charge in [0.05, 0.1) is 0 Å². The lowest BCUT2D eigenvalue weighted by atomic mass is 10.0. The van der Waals surface area contributed by atoms with Gasteiger partial charge in [-0.25, -0.2) is 0 Å². The fourth-order valence-corrected chi connectivity index (χ4v) is 9.20. The molecule has 6 heteroatoms. The zero-order valence-corrected chi connectivity index (χ0v) is 52.3. The van der Waals surface area contributed by atoms with Crippen molar-refractivity contribution in [2.75, 3.05) is 13.2 Å². The molecule has 80 heavy (non-hydrogen) atoms. The first-order chi connectivity index (χ1) is 39.5. The summed E-state index contributed by atoms with van der Waals surface area (Å²) in [4.78, 5) is 38.3. The highest BCUT2D eigenvalue weighted by molar-refractivity contribution is 5.71. The molecule has 0 fully saturated rings. The first-order valence-electron chi connectivity index (χ1n) is 33.5. The van der Waals surface area contributed by atoms with Crippen molar-refractivity contribution < 1.29 is 28.6 Å². The van der Waals surface area contributed by atoms with Crippen LogP contribution in [-0.2, 0) is 28.6 Å². The van der Waals surface area contributed by atoms with Crippen molar-refractivity contribution in [1.82, 2.24) is 0 Å². The van der Waals surface area contributed by atoms with Crippen molar-refractivity contribution in [2.45, 2.75) is 316 Å². The van der Waals surface area contributed by atoms with Crippen LogP contribution < -0.4 is 0 Å². The molecule has 0 N–H and O–H groups in total. The Labute approximate surface area is 494 Å². The standard InChI is InChI=1S/C74H124O6/c1-4-7-10-13-16-19-22-25-27-29-31-32-33-34-35-36-37-38-39-40-41-42-43-45-46-49-52-55-58-61-64-67-73(76)79-70-71(69-78-72(75)66-63-60-57-54-51-48-24-21-18-15-12-9-6-3)80-74(77)68-65-62-59-56-53-50-47-44-30-28-26-23-20-17-14-11-8-5-2/h7,10,12,15-16,19,21,24-25,27,31-32,34-35,37-38,40-41,43,45,71H,4-6,8-9,11,13-14,17-18,20,22-23,26,28-30,33,36,39,42,44,46-70H2,1-3H3/b10-7-,15-12-,19-16-,24-21-,27-25-,32-31-,35-34-,38-37-,41-40-,45-43-. The molecular formula is C74H124O6. The maximum Gasteiger partial charge on any atom is 0.306 e. The number of esters is 3. The zero-order valence-electron chi connectivity index (χ0n) is 52.3. The highest BCUT2D eigenvalue weighted by atomic mass is 16.6. The lowest BCUT2D eigenvalue weighted by molar-refractivity contribution is -0.167. The number of unbranched alkanes of at least 4 members (excludes halogenated alkanes) is 29. The molecule has 6 nitrogen and oxygen atoms in total. The van der Waals surface area contributed by atoms with Gasteiger partial charge in [-0.2, -0.15) is 0 Å². The van der Waals surface area contributed by atoms with E-state index < -0.39 is 6.10 Å². The van der Waals surface area contributed by atoms with Crippen molar-refractivity contribution in [2.24, 2.45) is 0 Å². The smallest absolute Gasteiger partial charge is 0.306 e. The van der Waals surface area contributed by atoms with Crippen LogP contribution in [0.4, 0.5) is 0 Å². The molecular weight excluding hydrogens is 985 g/mol. The lowest BCUT2D eigenvalue weighted by Gasteiger charge is -2.18. The van der Waals surface area contributed by atoms with Crippen LogP contribution in [0.3, 0.4) is 0 Å². The number of allylic oxidation sites excluding steroid dienone is 20. The van der Waals surface area contributed by atoms with Crippen molar-refractivity contribution in [3.05, 3.63) is 122 Å². The predicted octanol–water partition coefficient (Wildman–Crippen LogP) is 23.2. The van der Waals surface area contributed by atoms with E-state index in [0.717, 1.165) is 154 Å². The predicted molar refractivity (Wildman–Crippen MR) is 348 cm³/mol. The maximum absolute atomic E-state index is 12.9. The average Bonchev–Trinajstić information content (AvgIpc) is 3.46. The van der Waals surface area contributed by atoms with Gasteiger partial charge < -0.3 is 14.2 Å². The third kappa shape index (κ3) is 64.6. The minimum absolute atomic E-state index is 0.0894. The molecule has 0 aliphatic heterocycles. The van der Waals surface area contributed by atoms with Crippen molar-refractivity contribution in [3.63, 3.8) is 0 Å². The molecule has 0 saturated carbocycles. The van der Waals surface area contributed by atoms with Crippen LogP contribution in [0, 0.1) is 0 Å². The second-order valence-corrected chi connectivity index (χ2v) is 22.0. The van der Waals surface area contributed by atoms with E-state index in [0.29, 0.717) is 19.3 Å². The normalized spacial score (nSPS) is 12.9. The monoisotopic (exact) mass is 1110 g/mol. The van der Waals surface area contributed by atoms with Crippen molar-refractivity contribution in [3.8, 4) is 0 Å². The van der Waals surface area contributed by atoms with E-state index in [1.54, 1.807) is 0 Å². The topological polar surface area (TPSA) is 78.9 Å². The highest BCUT2D eigenvalue weighted by Gasteiger charge is 2.19. The number of hydrogen-bond donors (Lipinski definition) is 0. The van der Waals surface area contributed by atoms with Gasteiger partial charge in [-0.15, -0.1) is 0 Å². The Kier molecular flexibility index (Phi) is 63.8. The zero-order chi connectivity index (χ0) is 57.8. The lowest BCUT2D eigenvalue weighted by Crippen LogP contribution is -2.30. The second kappa shape index (κ2) is 67.3. The summed E-state index contributed by atoms with van der Waals surface area (Å²) in [6.07, 6.45) is 93.5. The van der Waals surface area contributed by atoms with Crippen LogP contribution in [0.15, 0.2) is 122 Å². The van der Waals surface area contributed by atoms with Gasteiger partial charge in [0.1, 0.15) is 13.2 Å². The summed E-state index contributed by atoms with van der Waals surface area (Å²) in [5.41, 5.74) is 0. The van der Waals surface area contributed by atoms with Gasteiger partial charge >= 0.3 is 17.9 Å². The quantitative estimate of drug-likeness (QED) is 0.0261. The number of carbonyl (C=O) groups is 3. The first-order valence-corrected chi connectivity index (χ1v) is 33.5. The molecule has 0 aliphatic rings. The number of carbonyl (C=O) groups excluding carboxylic acids is 3. The molecule has 456 valence electrons. The Bertz CT molecular complexity index is 1650. The molecule has 0 spiro atoms. The molecule has 0 amide bonds. The van der Waals surface area contributed by atoms with Gasteiger partial charge in [0.15, 0.2) is 6.10 Å². The van der Waals surface area contributed by atoms with Crippen molar-refractivity contribution in [1.29, 1.82) is 0 Å². The fraction of sp³-hybridized carbons (Fsp3) is 0.689. The molecule has 1 unspecified atom stereocenters. The Balaban J connectivity index is 4.33. The molecule has 0 radical (unpaired) electrons. The Morgan fingerprint density at radius 1 is 0.263 bits per heavy atom. The summed E-state index contributed by atoms with van der Waals surface area (Å²) in [5.74, 6) is -0.908. The van der Waals surface area contributed by atoms with E-state index >= 15 is 0 Å². The van der Waals surface area contributed by atoms with Crippen LogP contribution in [0.25, 0.3) is 0 Å². The largest absolute Gasteiger partial charge is 0.462 e. The molecule has 0 saturated heterocycles. The molecule has 0 heterocycles. The number of ether oxygens (including phenoxy) is 3. The van der Waals surface area contributed by atoms with Crippen LogP contribution in [-0.4, -0.2) is 37.2 Å². The molecule has 1 atom stereocenters. The molecule has 0 bridgehead atoms. The van der Waals surface area contributed by atoms with E-state index in [4.69, 9.17) is 14.2 Å². The average molecular weight is 1110 g/mol. The van der Waals surface area contributed by atoms with Gasteiger partial charge in [0.25, 0.3) is 0 Å². The van der Waals surface area contributed by atoms with Crippen LogP contribution >= 0.6 is 0 Å². The van der Waals surface area contributed by atoms with Crippen LogP contribution in [0.5, 0.6) is 0 Å². The number of hydrogen-bond acceptors (Lipinski definition) is 6. The second-order valence-electron chi connectivity index (χ2n) is 22.0. The summed E-state index contributed by atoms with van der Waals surface area (Å²) in [7, 11) is 0. The first kappa shape index (κ1) is 75.8. The molecule has 0 rings (SSSR count). The molecule has 0 aliphatic carbocycles. The minimum atomic E-state index is -0.792. The van der Waals surface area contributed by atoms with E-state index in [1.807, 2.05) is 0 Å². The van der Waals surface area contributed by atoms with Crippen LogP contribution in [0.1, 0.15) is 310 Å². The fourth-order valence-electron chi connectivity index (χ4n) is 9.20. The number of rotatable bonds is 60. The van der Waals surface area contributed by atoms with Gasteiger partial charge in [0, 0.05) is 19.3 Å². The van der Waals surface area contributed by atoms with E-state index in [1.165, 1.54) is 116 Å². The van der Waals surface area contributed by atoms with E-state index in [9.17, 15) is 14.4 Å². The molecule has 0 aromatic heterocycles. The minimum Gasteiger partial charge on any atom is -0.462 e. The maximum atomic E-state index is 12.9. The van der Waals surface area contributed by atoms with Crippen molar-refractivity contribution >= 4 is 17.9 Å². The van der Waals surface area contributed by atoms with E-state index in [-0.39, 0.29) is 31.1 Å². The third-order valence-corrected chi connectivity index (χ3v) is 14.2. The Morgan fingerprint density at radius 2 is 0.512 bits per heavy atom. The summed E-state index contributed by atoms with van der Waals surface area (Å²) < 4.78 is 16.9. The van der Waals surface area contributed by atoms with Gasteiger partial charge in [-0.3, -0.25) is 14.4 Å². The van der Waals surface area contributed by atoms with E-state index in [2.05, 4.69) is 142 Å². The summed E-state index contributed by atoms with van der Waals surface area (Å²) >= 11 is 0. The molecule has 0 aromatic carbocycles. The summed E-state index contributed by atoms with van der Waals surface area (Å²) in [5, 5.41) is 0. The van der Waals surface area contributed by atoms with Gasteiger partial charge in [-0.05, 0) is 109 Å². The van der Waals surface area contributed by atoms with Crippen LogP contribution in [0.2, 0.25) is 0 Å². The summed E-state index contributed by atoms with van der Waals surface area (Å²) in [6.45, 7) is 6.46. The Hall–Kier alpha value is -4.19. The summed E-state index contributed by atoms with van der Waals surface area (Å²) in [6, 6.07) is 0. The highest BCUT2D eigenvalue weighted by Crippen LogP contribution is 2.16. The Morgan fingerprint density at radius 3 is 0.812 bits per heavy atom. The van der Waals surface area contributed by atoms with Gasteiger partial charge in [0.2, 0.25) is 0 Å². The van der Waals surface area contributed by atoms with Gasteiger partial charge in [-0.1, -0.05) is 303 Å².